The number of pyridine rings is 2. The van der Waals surface area contributed by atoms with Gasteiger partial charge < -0.3 is 15.5 Å². The molecule has 1 atom stereocenters. The van der Waals surface area contributed by atoms with Gasteiger partial charge in [0.1, 0.15) is 0 Å². The van der Waals surface area contributed by atoms with E-state index in [0.29, 0.717) is 23.6 Å². The fourth-order valence-corrected chi connectivity index (χ4v) is 3.54. The van der Waals surface area contributed by atoms with Gasteiger partial charge in [0.05, 0.1) is 30.0 Å². The molecule has 1 aromatic carbocycles. The van der Waals surface area contributed by atoms with Gasteiger partial charge in [-0.05, 0) is 43.5 Å². The van der Waals surface area contributed by atoms with E-state index in [2.05, 4.69) is 32.7 Å². The predicted octanol–water partition coefficient (Wildman–Crippen LogP) is 3.19. The Morgan fingerprint density at radius 3 is 2.74 bits per heavy atom. The first-order valence-corrected chi connectivity index (χ1v) is 10.4. The first-order valence-electron chi connectivity index (χ1n) is 10.4. The molecule has 0 radical (unpaired) electrons. The maximum absolute atomic E-state index is 12.8. The first-order chi connectivity index (χ1) is 15.1. The highest BCUT2D eigenvalue weighted by molar-refractivity contribution is 6.04. The summed E-state index contributed by atoms with van der Waals surface area (Å²) in [5, 5.41) is 6.05. The van der Waals surface area contributed by atoms with E-state index in [1.54, 1.807) is 23.4 Å². The highest BCUT2D eigenvalue weighted by atomic mass is 16.2. The van der Waals surface area contributed by atoms with E-state index in [-0.39, 0.29) is 24.4 Å². The van der Waals surface area contributed by atoms with Gasteiger partial charge in [-0.25, -0.2) is 4.98 Å². The minimum Gasteiger partial charge on any atom is -0.359 e. The summed E-state index contributed by atoms with van der Waals surface area (Å²) < 4.78 is 0. The van der Waals surface area contributed by atoms with Gasteiger partial charge in [0.2, 0.25) is 5.91 Å². The largest absolute Gasteiger partial charge is 0.359 e. The summed E-state index contributed by atoms with van der Waals surface area (Å²) in [6.45, 7) is 2.48. The van der Waals surface area contributed by atoms with Gasteiger partial charge in [-0.2, -0.15) is 0 Å². The molecule has 1 aliphatic heterocycles. The van der Waals surface area contributed by atoms with E-state index >= 15 is 0 Å². The second kappa shape index (κ2) is 9.38. The molecular formula is C24H25N5O2. The number of anilines is 2. The molecule has 3 heterocycles. The van der Waals surface area contributed by atoms with E-state index in [0.717, 1.165) is 18.5 Å². The quantitative estimate of drug-likeness (QED) is 0.619. The maximum Gasteiger partial charge on any atom is 0.253 e. The summed E-state index contributed by atoms with van der Waals surface area (Å²) in [7, 11) is 0. The third-order valence-corrected chi connectivity index (χ3v) is 5.26. The Hall–Kier alpha value is -3.74. The molecule has 2 aromatic heterocycles. The van der Waals surface area contributed by atoms with Crippen molar-refractivity contribution in [3.63, 3.8) is 0 Å². The van der Waals surface area contributed by atoms with Crippen molar-refractivity contribution in [2.75, 3.05) is 16.8 Å². The molecule has 0 aliphatic carbocycles. The molecule has 0 spiro atoms. The van der Waals surface area contributed by atoms with Crippen molar-refractivity contribution in [1.29, 1.82) is 0 Å². The Bertz CT molecular complexity index is 1060. The predicted molar refractivity (Wildman–Crippen MR) is 120 cm³/mol. The number of aromatic nitrogens is 2. The monoisotopic (exact) mass is 415 g/mol. The van der Waals surface area contributed by atoms with Crippen LogP contribution in [0.3, 0.4) is 0 Å². The number of fused-ring (bicyclic) bond motifs is 1. The third kappa shape index (κ3) is 5.06. The standard InChI is InChI=1S/C24H25N5O2/c1-17(10-11-18-7-3-2-4-8-18)28-24(31)19-13-21-23(26-14-19)27-15-22(30)29(21)16-20-9-5-6-12-25-20/h2-9,12-14,17H,10-11,15-16H2,1H3,(H,26,27)(H,28,31). The highest BCUT2D eigenvalue weighted by Gasteiger charge is 2.26. The van der Waals surface area contributed by atoms with Gasteiger partial charge in [-0.15, -0.1) is 0 Å². The van der Waals surface area contributed by atoms with Crippen molar-refractivity contribution in [2.24, 2.45) is 0 Å². The second-order valence-electron chi connectivity index (χ2n) is 7.65. The van der Waals surface area contributed by atoms with E-state index < -0.39 is 0 Å². The minimum atomic E-state index is -0.202. The van der Waals surface area contributed by atoms with Crippen LogP contribution >= 0.6 is 0 Å². The number of nitrogens with zero attached hydrogens (tertiary/aromatic N) is 3. The number of carbonyl (C=O) groups excluding carboxylic acids is 2. The molecular weight excluding hydrogens is 390 g/mol. The highest BCUT2D eigenvalue weighted by Crippen LogP contribution is 2.29. The number of carbonyl (C=O) groups is 2. The lowest BCUT2D eigenvalue weighted by Crippen LogP contribution is -2.40. The summed E-state index contributed by atoms with van der Waals surface area (Å²) in [6.07, 6.45) is 4.96. The molecule has 31 heavy (non-hydrogen) atoms. The van der Waals surface area contributed by atoms with Crippen LogP contribution in [-0.2, 0) is 17.8 Å². The van der Waals surface area contributed by atoms with Gasteiger partial charge in [0.15, 0.2) is 5.82 Å². The molecule has 3 aromatic rings. The lowest BCUT2D eigenvalue weighted by Gasteiger charge is -2.29. The van der Waals surface area contributed by atoms with E-state index in [4.69, 9.17) is 0 Å². The van der Waals surface area contributed by atoms with E-state index in [1.807, 2.05) is 43.3 Å². The smallest absolute Gasteiger partial charge is 0.253 e. The zero-order chi connectivity index (χ0) is 21.6. The SMILES string of the molecule is CC(CCc1ccccc1)NC(=O)c1cnc2c(c1)N(Cc1ccccn1)C(=O)CN2. The average molecular weight is 415 g/mol. The molecule has 0 bridgehead atoms. The van der Waals surface area contributed by atoms with Crippen LogP contribution in [0.5, 0.6) is 0 Å². The lowest BCUT2D eigenvalue weighted by molar-refractivity contribution is -0.117. The topological polar surface area (TPSA) is 87.2 Å². The Kier molecular flexibility index (Phi) is 6.21. The molecule has 0 saturated heterocycles. The number of hydrogen-bond acceptors (Lipinski definition) is 5. The molecule has 7 nitrogen and oxygen atoms in total. The summed E-state index contributed by atoms with van der Waals surface area (Å²) in [4.78, 5) is 35.7. The van der Waals surface area contributed by atoms with Crippen LogP contribution in [0.15, 0.2) is 67.0 Å². The average Bonchev–Trinajstić information content (AvgIpc) is 2.80. The van der Waals surface area contributed by atoms with E-state index in [1.165, 1.54) is 5.56 Å². The van der Waals surface area contributed by atoms with Gasteiger partial charge >= 0.3 is 0 Å². The van der Waals surface area contributed by atoms with Crippen molar-refractivity contribution >= 4 is 23.3 Å². The zero-order valence-corrected chi connectivity index (χ0v) is 17.4. The second-order valence-corrected chi connectivity index (χ2v) is 7.65. The van der Waals surface area contributed by atoms with Crippen molar-refractivity contribution in [2.45, 2.75) is 32.4 Å². The third-order valence-electron chi connectivity index (χ3n) is 5.26. The Labute approximate surface area is 181 Å². The lowest BCUT2D eigenvalue weighted by atomic mass is 10.1. The van der Waals surface area contributed by atoms with Gasteiger partial charge in [-0.3, -0.25) is 14.6 Å². The van der Waals surface area contributed by atoms with Crippen molar-refractivity contribution in [3.8, 4) is 0 Å². The van der Waals surface area contributed by atoms with Crippen LogP contribution in [0, 0.1) is 0 Å². The van der Waals surface area contributed by atoms with Crippen LogP contribution in [0.4, 0.5) is 11.5 Å². The van der Waals surface area contributed by atoms with Crippen molar-refractivity contribution < 1.29 is 9.59 Å². The molecule has 2 N–H and O–H groups in total. The Morgan fingerprint density at radius 1 is 1.16 bits per heavy atom. The maximum atomic E-state index is 12.8. The molecule has 1 aliphatic rings. The van der Waals surface area contributed by atoms with Gasteiger partial charge in [-0.1, -0.05) is 36.4 Å². The fourth-order valence-electron chi connectivity index (χ4n) is 3.54. The number of amides is 2. The minimum absolute atomic E-state index is 0.00752. The number of benzene rings is 1. The van der Waals surface area contributed by atoms with Gasteiger partial charge in [0, 0.05) is 18.4 Å². The van der Waals surface area contributed by atoms with Gasteiger partial charge in [0.25, 0.3) is 5.91 Å². The number of hydrogen-bond donors (Lipinski definition) is 2. The molecule has 158 valence electrons. The van der Waals surface area contributed by atoms with Crippen LogP contribution in [0.2, 0.25) is 0 Å². The van der Waals surface area contributed by atoms with Crippen molar-refractivity contribution in [1.82, 2.24) is 15.3 Å². The number of nitrogens with one attached hydrogen (secondary N) is 2. The molecule has 0 saturated carbocycles. The van der Waals surface area contributed by atoms with Crippen molar-refractivity contribution in [3.05, 3.63) is 83.8 Å². The molecule has 1 unspecified atom stereocenters. The van der Waals surface area contributed by atoms with Crippen LogP contribution in [-0.4, -0.2) is 34.4 Å². The summed E-state index contributed by atoms with van der Waals surface area (Å²) in [5.41, 5.74) is 3.03. The Morgan fingerprint density at radius 2 is 1.97 bits per heavy atom. The summed E-state index contributed by atoms with van der Waals surface area (Å²) in [6, 6.07) is 17.5. The number of rotatable bonds is 7. The first kappa shape index (κ1) is 20.5. The molecule has 7 heteroatoms. The fraction of sp³-hybridized carbons (Fsp3) is 0.250. The normalized spacial score (nSPS) is 13.8. The zero-order valence-electron chi connectivity index (χ0n) is 17.4. The van der Waals surface area contributed by atoms with Crippen LogP contribution in [0.1, 0.15) is 35.0 Å². The molecule has 0 fully saturated rings. The molecule has 4 rings (SSSR count). The molecule has 2 amide bonds. The van der Waals surface area contributed by atoms with Crippen LogP contribution in [0.25, 0.3) is 0 Å². The summed E-state index contributed by atoms with van der Waals surface area (Å²) >= 11 is 0. The summed E-state index contributed by atoms with van der Waals surface area (Å²) in [5.74, 6) is 0.296. The number of aryl methyl sites for hydroxylation is 1. The van der Waals surface area contributed by atoms with E-state index in [9.17, 15) is 9.59 Å². The Balaban J connectivity index is 1.46. The van der Waals surface area contributed by atoms with Crippen LogP contribution < -0.4 is 15.5 Å².